The lowest BCUT2D eigenvalue weighted by Crippen LogP contribution is -2.40. The van der Waals surface area contributed by atoms with Gasteiger partial charge in [0.15, 0.2) is 5.96 Å². The summed E-state index contributed by atoms with van der Waals surface area (Å²) in [6, 6.07) is 10.3. The smallest absolute Gasteiger partial charge is 0.191 e. The quantitative estimate of drug-likeness (QED) is 0.284. The highest BCUT2D eigenvalue weighted by Crippen LogP contribution is 2.29. The predicted octanol–water partition coefficient (Wildman–Crippen LogP) is 3.84. The van der Waals surface area contributed by atoms with E-state index < -0.39 is 6.10 Å². The number of benzene rings is 1. The number of halogens is 1. The molecular formula is C21H33IN4OS. The first-order valence-electron chi connectivity index (χ1n) is 10.1. The summed E-state index contributed by atoms with van der Waals surface area (Å²) in [5, 5.41) is 18.5. The molecule has 1 aromatic carbocycles. The van der Waals surface area contributed by atoms with Crippen LogP contribution in [0.4, 0.5) is 0 Å². The van der Waals surface area contributed by atoms with E-state index in [0.717, 1.165) is 23.9 Å². The molecule has 0 radical (unpaired) electrons. The van der Waals surface area contributed by atoms with Crippen molar-refractivity contribution in [1.82, 2.24) is 15.5 Å². The fraction of sp³-hybridized carbons (Fsp3) is 0.571. The van der Waals surface area contributed by atoms with Crippen LogP contribution in [0.2, 0.25) is 0 Å². The molecular weight excluding hydrogens is 483 g/mol. The number of rotatable bonds is 8. The monoisotopic (exact) mass is 516 g/mol. The van der Waals surface area contributed by atoms with E-state index in [0.29, 0.717) is 12.5 Å². The molecule has 156 valence electrons. The third-order valence-electron chi connectivity index (χ3n) is 5.01. The lowest BCUT2D eigenvalue weighted by Gasteiger charge is -2.17. The Bertz CT molecular complexity index is 718. The summed E-state index contributed by atoms with van der Waals surface area (Å²) in [5.74, 6) is 1.47. The van der Waals surface area contributed by atoms with E-state index in [1.165, 1.54) is 42.6 Å². The standard InChI is InChI=1S/C21H32N4OS.HI/c1-3-10-25-11-9-16(15-25)13-23-21(22-4-2)24-14-18(26)20-12-17-7-5-6-8-19(17)27-20;/h5-8,12,16,18,26H,3-4,9-11,13-15H2,1-2H3,(H2,22,23,24);1H. The van der Waals surface area contributed by atoms with Crippen LogP contribution in [0, 0.1) is 5.92 Å². The minimum absolute atomic E-state index is 0. The van der Waals surface area contributed by atoms with Crippen molar-refractivity contribution in [2.75, 3.05) is 39.3 Å². The average Bonchev–Trinajstić information content (AvgIpc) is 3.30. The second-order valence-electron chi connectivity index (χ2n) is 7.26. The van der Waals surface area contributed by atoms with Gasteiger partial charge in [-0.05, 0) is 56.3 Å². The maximum atomic E-state index is 10.6. The Morgan fingerprint density at radius 2 is 2.14 bits per heavy atom. The lowest BCUT2D eigenvalue weighted by molar-refractivity contribution is 0.191. The number of likely N-dealkylation sites (tertiary alicyclic amines) is 1. The number of thiophene rings is 1. The molecule has 0 saturated carbocycles. The van der Waals surface area contributed by atoms with Gasteiger partial charge in [0.25, 0.3) is 0 Å². The number of nitrogens with zero attached hydrogens (tertiary/aromatic N) is 2. The van der Waals surface area contributed by atoms with Crippen LogP contribution in [0.3, 0.4) is 0 Å². The topological polar surface area (TPSA) is 59.9 Å². The van der Waals surface area contributed by atoms with Gasteiger partial charge >= 0.3 is 0 Å². The first-order chi connectivity index (χ1) is 13.2. The SMILES string of the molecule is CCCN1CCC(CNC(=NCC(O)c2cc3ccccc3s2)NCC)C1.I. The molecule has 2 unspecified atom stereocenters. The highest BCUT2D eigenvalue weighted by molar-refractivity contribution is 14.0. The molecule has 0 amide bonds. The van der Waals surface area contributed by atoms with E-state index >= 15 is 0 Å². The van der Waals surface area contributed by atoms with Gasteiger partial charge in [0.05, 0.1) is 6.54 Å². The molecule has 1 fully saturated rings. The van der Waals surface area contributed by atoms with E-state index in [1.807, 2.05) is 12.1 Å². The lowest BCUT2D eigenvalue weighted by atomic mass is 10.1. The summed E-state index contributed by atoms with van der Waals surface area (Å²) < 4.78 is 1.21. The highest BCUT2D eigenvalue weighted by Gasteiger charge is 2.21. The van der Waals surface area contributed by atoms with Crippen molar-refractivity contribution >= 4 is 51.4 Å². The minimum atomic E-state index is -0.565. The van der Waals surface area contributed by atoms with E-state index in [9.17, 15) is 5.11 Å². The third-order valence-corrected chi connectivity index (χ3v) is 6.22. The van der Waals surface area contributed by atoms with Crippen LogP contribution < -0.4 is 10.6 Å². The predicted molar refractivity (Wildman–Crippen MR) is 131 cm³/mol. The third kappa shape index (κ3) is 6.57. The van der Waals surface area contributed by atoms with Gasteiger partial charge in [-0.25, -0.2) is 0 Å². The summed E-state index contributed by atoms with van der Waals surface area (Å²) in [7, 11) is 0. The van der Waals surface area contributed by atoms with Crippen molar-refractivity contribution in [2.45, 2.75) is 32.8 Å². The average molecular weight is 516 g/mol. The summed E-state index contributed by atoms with van der Waals surface area (Å²) in [6.07, 6.45) is 1.90. The number of hydrogen-bond donors (Lipinski definition) is 3. The van der Waals surface area contributed by atoms with Crippen LogP contribution in [0.15, 0.2) is 35.3 Å². The molecule has 1 aliphatic rings. The second kappa shape index (κ2) is 11.9. The normalized spacial score (nSPS) is 18.8. The first-order valence-corrected chi connectivity index (χ1v) is 10.9. The van der Waals surface area contributed by atoms with Gasteiger partial charge in [-0.2, -0.15) is 0 Å². The van der Waals surface area contributed by atoms with Gasteiger partial charge < -0.3 is 20.6 Å². The van der Waals surface area contributed by atoms with Crippen molar-refractivity contribution < 1.29 is 5.11 Å². The number of aliphatic hydroxyl groups excluding tert-OH is 1. The second-order valence-corrected chi connectivity index (χ2v) is 8.37. The van der Waals surface area contributed by atoms with Crippen molar-refractivity contribution in [3.63, 3.8) is 0 Å². The largest absolute Gasteiger partial charge is 0.386 e. The zero-order valence-electron chi connectivity index (χ0n) is 16.9. The molecule has 7 heteroatoms. The fourth-order valence-electron chi connectivity index (χ4n) is 3.62. The summed E-state index contributed by atoms with van der Waals surface area (Å²) >= 11 is 1.64. The maximum Gasteiger partial charge on any atom is 0.191 e. The van der Waals surface area contributed by atoms with Gasteiger partial charge in [-0.1, -0.05) is 25.1 Å². The summed E-state index contributed by atoms with van der Waals surface area (Å²) in [5.41, 5.74) is 0. The highest BCUT2D eigenvalue weighted by atomic mass is 127. The van der Waals surface area contributed by atoms with E-state index in [1.54, 1.807) is 11.3 Å². The Morgan fingerprint density at radius 3 is 2.89 bits per heavy atom. The van der Waals surface area contributed by atoms with Crippen LogP contribution >= 0.6 is 35.3 Å². The molecule has 5 nitrogen and oxygen atoms in total. The van der Waals surface area contributed by atoms with Crippen LogP contribution in [0.25, 0.3) is 10.1 Å². The number of fused-ring (bicyclic) bond motifs is 1. The Hall–Kier alpha value is -0.900. The molecule has 1 aromatic heterocycles. The Kier molecular flexibility index (Phi) is 9.98. The number of nitrogens with one attached hydrogen (secondary N) is 2. The number of guanidine groups is 1. The van der Waals surface area contributed by atoms with Crippen molar-refractivity contribution in [1.29, 1.82) is 0 Å². The molecule has 2 heterocycles. The fourth-order valence-corrected chi connectivity index (χ4v) is 4.66. The number of aliphatic hydroxyl groups is 1. The van der Waals surface area contributed by atoms with Gasteiger partial charge in [0, 0.05) is 29.2 Å². The zero-order valence-corrected chi connectivity index (χ0v) is 20.0. The molecule has 0 aliphatic carbocycles. The molecule has 0 spiro atoms. The molecule has 0 bridgehead atoms. The summed E-state index contributed by atoms with van der Waals surface area (Å²) in [6.45, 7) is 10.0. The van der Waals surface area contributed by atoms with Crippen LogP contribution in [-0.4, -0.2) is 55.2 Å². The molecule has 1 aliphatic heterocycles. The Labute approximate surface area is 189 Å². The maximum absolute atomic E-state index is 10.6. The van der Waals surface area contributed by atoms with Gasteiger partial charge in [0.1, 0.15) is 6.10 Å². The molecule has 2 atom stereocenters. The molecule has 2 aromatic rings. The van der Waals surface area contributed by atoms with Crippen molar-refractivity contribution in [2.24, 2.45) is 10.9 Å². The van der Waals surface area contributed by atoms with Gasteiger partial charge in [-0.15, -0.1) is 35.3 Å². The Morgan fingerprint density at radius 1 is 1.32 bits per heavy atom. The number of hydrogen-bond acceptors (Lipinski definition) is 4. The van der Waals surface area contributed by atoms with E-state index in [-0.39, 0.29) is 24.0 Å². The first kappa shape index (κ1) is 23.4. The van der Waals surface area contributed by atoms with Crippen LogP contribution in [0.5, 0.6) is 0 Å². The number of aliphatic imine (C=N–C) groups is 1. The van der Waals surface area contributed by atoms with Crippen LogP contribution in [0.1, 0.15) is 37.7 Å². The van der Waals surface area contributed by atoms with Crippen molar-refractivity contribution in [3.8, 4) is 0 Å². The van der Waals surface area contributed by atoms with E-state index in [2.05, 4.69) is 52.6 Å². The molecule has 28 heavy (non-hydrogen) atoms. The van der Waals surface area contributed by atoms with Crippen LogP contribution in [-0.2, 0) is 0 Å². The molecule has 3 N–H and O–H groups in total. The molecule has 1 saturated heterocycles. The van der Waals surface area contributed by atoms with Gasteiger partial charge in [-0.3, -0.25) is 4.99 Å². The summed E-state index contributed by atoms with van der Waals surface area (Å²) in [4.78, 5) is 8.13. The van der Waals surface area contributed by atoms with E-state index in [4.69, 9.17) is 0 Å². The van der Waals surface area contributed by atoms with Gasteiger partial charge in [0.2, 0.25) is 0 Å². The molecule has 3 rings (SSSR count). The Balaban J connectivity index is 0.00000280. The zero-order chi connectivity index (χ0) is 19.1. The minimum Gasteiger partial charge on any atom is -0.386 e. The van der Waals surface area contributed by atoms with Crippen molar-refractivity contribution in [3.05, 3.63) is 35.2 Å².